The summed E-state index contributed by atoms with van der Waals surface area (Å²) in [5, 5.41) is 2.75. The van der Waals surface area contributed by atoms with Crippen molar-refractivity contribution in [2.24, 2.45) is 0 Å². The predicted octanol–water partition coefficient (Wildman–Crippen LogP) is 2.19. The molecule has 0 aliphatic carbocycles. The summed E-state index contributed by atoms with van der Waals surface area (Å²) in [7, 11) is -7.04. The van der Waals surface area contributed by atoms with Gasteiger partial charge in [-0.1, -0.05) is 6.07 Å². The highest BCUT2D eigenvalue weighted by atomic mass is 32.2. The first-order valence-corrected chi connectivity index (χ1v) is 12.9. The van der Waals surface area contributed by atoms with E-state index in [0.29, 0.717) is 11.3 Å². The number of sulfonamides is 1. The van der Waals surface area contributed by atoms with Gasteiger partial charge >= 0.3 is 0 Å². The van der Waals surface area contributed by atoms with Gasteiger partial charge in [0.2, 0.25) is 10.0 Å². The number of benzene rings is 2. The maximum absolute atomic E-state index is 12.6. The lowest BCUT2D eigenvalue weighted by Crippen LogP contribution is -2.35. The first-order chi connectivity index (χ1) is 14.7. The van der Waals surface area contributed by atoms with E-state index in [4.69, 9.17) is 0 Å². The third-order valence-electron chi connectivity index (χ3n) is 4.99. The van der Waals surface area contributed by atoms with Crippen molar-refractivity contribution in [1.29, 1.82) is 0 Å². The SMILES string of the molecule is O=C(Nc1ccc(S(=O)(=O)N[C@@H]2CCS(=O)(=O)C2)cc1)c1cccc(-n2cccc2)c1. The summed E-state index contributed by atoms with van der Waals surface area (Å²) in [6.07, 6.45) is 4.02. The number of carbonyl (C=O) groups excluding carboxylic acids is 1. The molecule has 31 heavy (non-hydrogen) atoms. The molecule has 10 heteroatoms. The van der Waals surface area contributed by atoms with Crippen LogP contribution in [0.5, 0.6) is 0 Å². The Balaban J connectivity index is 1.44. The van der Waals surface area contributed by atoms with E-state index in [0.717, 1.165) is 5.69 Å². The zero-order valence-electron chi connectivity index (χ0n) is 16.4. The van der Waals surface area contributed by atoms with Gasteiger partial charge in [-0.25, -0.2) is 21.6 Å². The van der Waals surface area contributed by atoms with Gasteiger partial charge in [-0.05, 0) is 61.0 Å². The van der Waals surface area contributed by atoms with Crippen LogP contribution in [-0.2, 0) is 19.9 Å². The Labute approximate surface area is 180 Å². The fraction of sp³-hybridized carbons (Fsp3) is 0.190. The van der Waals surface area contributed by atoms with Gasteiger partial charge in [0.1, 0.15) is 0 Å². The third kappa shape index (κ3) is 5.04. The van der Waals surface area contributed by atoms with Gasteiger partial charge in [0.15, 0.2) is 9.84 Å². The number of rotatable bonds is 6. The van der Waals surface area contributed by atoms with Gasteiger partial charge in [-0.3, -0.25) is 4.79 Å². The van der Waals surface area contributed by atoms with Crippen LogP contribution in [0.1, 0.15) is 16.8 Å². The molecule has 1 aliphatic rings. The number of anilines is 1. The fourth-order valence-electron chi connectivity index (χ4n) is 3.41. The molecular weight excluding hydrogens is 438 g/mol. The van der Waals surface area contributed by atoms with Crippen LogP contribution >= 0.6 is 0 Å². The average molecular weight is 460 g/mol. The largest absolute Gasteiger partial charge is 0.324 e. The van der Waals surface area contributed by atoms with Gasteiger partial charge in [0.05, 0.1) is 16.4 Å². The lowest BCUT2D eigenvalue weighted by atomic mass is 10.2. The molecule has 3 aromatic rings. The molecule has 0 bridgehead atoms. The minimum Gasteiger partial charge on any atom is -0.324 e. The number of hydrogen-bond acceptors (Lipinski definition) is 5. The molecule has 4 rings (SSSR count). The summed E-state index contributed by atoms with van der Waals surface area (Å²) in [5.74, 6) is -0.530. The van der Waals surface area contributed by atoms with E-state index in [-0.39, 0.29) is 28.7 Å². The molecular formula is C21H21N3O5S2. The monoisotopic (exact) mass is 459 g/mol. The van der Waals surface area contributed by atoms with Crippen LogP contribution < -0.4 is 10.0 Å². The van der Waals surface area contributed by atoms with Crippen molar-refractivity contribution in [3.8, 4) is 5.69 Å². The number of aromatic nitrogens is 1. The average Bonchev–Trinajstić information content (AvgIpc) is 3.38. The second kappa shape index (κ2) is 8.29. The first kappa shape index (κ1) is 21.3. The van der Waals surface area contributed by atoms with Crippen molar-refractivity contribution in [3.63, 3.8) is 0 Å². The van der Waals surface area contributed by atoms with Crippen molar-refractivity contribution in [1.82, 2.24) is 9.29 Å². The second-order valence-corrected chi connectivity index (χ2v) is 11.3. The summed E-state index contributed by atoms with van der Waals surface area (Å²) in [6.45, 7) is 0. The molecule has 8 nitrogen and oxygen atoms in total. The Hall–Kier alpha value is -2.95. The zero-order chi connectivity index (χ0) is 22.1. The van der Waals surface area contributed by atoms with Gasteiger partial charge in [-0.15, -0.1) is 0 Å². The van der Waals surface area contributed by atoms with E-state index in [1.807, 2.05) is 35.2 Å². The lowest BCUT2D eigenvalue weighted by molar-refractivity contribution is 0.102. The Morgan fingerprint density at radius 3 is 2.35 bits per heavy atom. The minimum atomic E-state index is -3.85. The molecule has 1 aromatic heterocycles. The standard InChI is InChI=1S/C21H21N3O5S2/c25-21(16-4-3-5-19(14-16)24-11-1-2-12-24)22-17-6-8-20(9-7-17)31(28,29)23-18-10-13-30(26,27)15-18/h1-9,11-12,14,18,23H,10,13,15H2,(H,22,25)/t18-/m1/s1. The van der Waals surface area contributed by atoms with Crippen LogP contribution in [0.2, 0.25) is 0 Å². The molecule has 0 spiro atoms. The normalized spacial score (nSPS) is 18.0. The van der Waals surface area contributed by atoms with Crippen molar-refractivity contribution < 1.29 is 21.6 Å². The molecule has 1 fully saturated rings. The van der Waals surface area contributed by atoms with Gasteiger partial charge in [-0.2, -0.15) is 0 Å². The Morgan fingerprint density at radius 1 is 1.00 bits per heavy atom. The molecule has 1 atom stereocenters. The Morgan fingerprint density at radius 2 is 1.71 bits per heavy atom. The van der Waals surface area contributed by atoms with Crippen LogP contribution in [0.25, 0.3) is 5.69 Å². The van der Waals surface area contributed by atoms with Crippen LogP contribution in [0.4, 0.5) is 5.69 Å². The van der Waals surface area contributed by atoms with Crippen molar-refractivity contribution in [2.75, 3.05) is 16.8 Å². The number of carbonyl (C=O) groups is 1. The highest BCUT2D eigenvalue weighted by Gasteiger charge is 2.31. The van der Waals surface area contributed by atoms with E-state index in [1.54, 1.807) is 18.2 Å². The van der Waals surface area contributed by atoms with E-state index >= 15 is 0 Å². The van der Waals surface area contributed by atoms with Gasteiger partial charge < -0.3 is 9.88 Å². The first-order valence-electron chi connectivity index (χ1n) is 9.59. The summed E-state index contributed by atoms with van der Waals surface area (Å²) in [5.41, 5.74) is 1.75. The molecule has 0 saturated carbocycles. The van der Waals surface area contributed by atoms with E-state index in [9.17, 15) is 21.6 Å². The van der Waals surface area contributed by atoms with Crippen LogP contribution in [0.3, 0.4) is 0 Å². The molecule has 2 N–H and O–H groups in total. The molecule has 162 valence electrons. The number of sulfone groups is 1. The molecule has 1 amide bonds. The molecule has 1 saturated heterocycles. The quantitative estimate of drug-likeness (QED) is 0.587. The van der Waals surface area contributed by atoms with Crippen molar-refractivity contribution >= 4 is 31.5 Å². The Kier molecular flexibility index (Phi) is 5.69. The lowest BCUT2D eigenvalue weighted by Gasteiger charge is -2.12. The molecule has 0 radical (unpaired) electrons. The number of nitrogens with one attached hydrogen (secondary N) is 2. The summed E-state index contributed by atoms with van der Waals surface area (Å²) < 4.78 is 52.4. The number of amides is 1. The fourth-order valence-corrected chi connectivity index (χ4v) is 6.46. The maximum Gasteiger partial charge on any atom is 0.255 e. The van der Waals surface area contributed by atoms with Crippen LogP contribution in [0.15, 0.2) is 78.0 Å². The van der Waals surface area contributed by atoms with E-state index in [2.05, 4.69) is 10.0 Å². The maximum atomic E-state index is 12.6. The van der Waals surface area contributed by atoms with Gasteiger partial charge in [0.25, 0.3) is 5.91 Å². The molecule has 1 aliphatic heterocycles. The number of nitrogens with zero attached hydrogens (tertiary/aromatic N) is 1. The third-order valence-corrected chi connectivity index (χ3v) is 8.29. The molecule has 0 unspecified atom stereocenters. The topological polar surface area (TPSA) is 114 Å². The predicted molar refractivity (Wildman–Crippen MR) is 118 cm³/mol. The minimum absolute atomic E-state index is 0.00408. The van der Waals surface area contributed by atoms with E-state index in [1.165, 1.54) is 24.3 Å². The summed E-state index contributed by atoms with van der Waals surface area (Å²) >= 11 is 0. The smallest absolute Gasteiger partial charge is 0.255 e. The molecule has 2 aromatic carbocycles. The van der Waals surface area contributed by atoms with Crippen LogP contribution in [0, 0.1) is 0 Å². The highest BCUT2D eigenvalue weighted by Crippen LogP contribution is 2.19. The summed E-state index contributed by atoms with van der Waals surface area (Å²) in [6, 6.07) is 16.0. The zero-order valence-corrected chi connectivity index (χ0v) is 18.1. The Bertz CT molecular complexity index is 1300. The number of hydrogen-bond donors (Lipinski definition) is 2. The molecule has 2 heterocycles. The second-order valence-electron chi connectivity index (χ2n) is 7.34. The van der Waals surface area contributed by atoms with Gasteiger partial charge in [0, 0.05) is 35.4 Å². The van der Waals surface area contributed by atoms with Crippen molar-refractivity contribution in [2.45, 2.75) is 17.4 Å². The highest BCUT2D eigenvalue weighted by molar-refractivity contribution is 7.92. The summed E-state index contributed by atoms with van der Waals surface area (Å²) in [4.78, 5) is 12.6. The van der Waals surface area contributed by atoms with E-state index < -0.39 is 25.9 Å². The van der Waals surface area contributed by atoms with Crippen molar-refractivity contribution in [3.05, 3.63) is 78.6 Å². The van der Waals surface area contributed by atoms with Crippen LogP contribution in [-0.4, -0.2) is 44.9 Å².